The number of aromatic nitrogens is 3. The highest BCUT2D eigenvalue weighted by molar-refractivity contribution is 7.91. The second-order valence-electron chi connectivity index (χ2n) is 8.31. The van der Waals surface area contributed by atoms with Crippen molar-refractivity contribution in [2.24, 2.45) is 5.14 Å². The summed E-state index contributed by atoms with van der Waals surface area (Å²) in [5.41, 5.74) is 2.31. The largest absolute Gasteiger partial charge is 0.423 e. The highest BCUT2D eigenvalue weighted by Gasteiger charge is 2.23. The molecule has 38 heavy (non-hydrogen) atoms. The van der Waals surface area contributed by atoms with Crippen molar-refractivity contribution in [1.29, 1.82) is 0 Å². The number of thiazole rings is 1. The maximum atomic E-state index is 13.6. The first-order chi connectivity index (χ1) is 18.1. The van der Waals surface area contributed by atoms with Crippen molar-refractivity contribution in [3.8, 4) is 11.1 Å². The molecule has 0 aliphatic carbocycles. The van der Waals surface area contributed by atoms with E-state index in [0.717, 1.165) is 5.56 Å². The predicted molar refractivity (Wildman–Crippen MR) is 139 cm³/mol. The van der Waals surface area contributed by atoms with E-state index in [9.17, 15) is 21.2 Å². The summed E-state index contributed by atoms with van der Waals surface area (Å²) in [6.45, 7) is -0.266. The normalized spacial score (nSPS) is 12.3. The average molecular weight is 574 g/mol. The van der Waals surface area contributed by atoms with E-state index in [1.807, 2.05) is 36.4 Å². The van der Waals surface area contributed by atoms with Gasteiger partial charge in [-0.25, -0.2) is 22.9 Å². The second kappa shape index (κ2) is 10.3. The Bertz CT molecular complexity index is 1820. The van der Waals surface area contributed by atoms with E-state index in [4.69, 9.17) is 9.56 Å². The summed E-state index contributed by atoms with van der Waals surface area (Å²) in [4.78, 5) is 4.64. The number of halogens is 1. The summed E-state index contributed by atoms with van der Waals surface area (Å²) in [6, 6.07) is 18.2. The summed E-state index contributed by atoms with van der Waals surface area (Å²) in [5, 5.41) is 13.1. The monoisotopic (exact) mass is 573 g/mol. The van der Waals surface area contributed by atoms with Crippen molar-refractivity contribution in [3.63, 3.8) is 0 Å². The SMILES string of the molecule is NS(=O)(=O)NCc1nnc(Cc2nc3c(S(=O)(=O)Cc4ccc(F)cc4)cc(-c4ccccc4)cc3s2)o1. The highest BCUT2D eigenvalue weighted by Crippen LogP contribution is 2.35. The van der Waals surface area contributed by atoms with Crippen LogP contribution in [-0.2, 0) is 38.8 Å². The van der Waals surface area contributed by atoms with Crippen molar-refractivity contribution in [3.05, 3.63) is 94.9 Å². The molecule has 0 fully saturated rings. The number of hydrogen-bond acceptors (Lipinski definition) is 9. The lowest BCUT2D eigenvalue weighted by Crippen LogP contribution is -2.30. The van der Waals surface area contributed by atoms with Crippen LogP contribution in [0.4, 0.5) is 4.39 Å². The van der Waals surface area contributed by atoms with E-state index < -0.39 is 25.9 Å². The van der Waals surface area contributed by atoms with Crippen LogP contribution in [0.15, 0.2) is 76.0 Å². The molecule has 10 nitrogen and oxygen atoms in total. The first kappa shape index (κ1) is 26.1. The maximum absolute atomic E-state index is 13.6. The van der Waals surface area contributed by atoms with Gasteiger partial charge in [-0.2, -0.15) is 13.1 Å². The Labute approximate surface area is 221 Å². The standard InChI is InChI=1S/C24H20FN5O5S3/c25-18-8-6-15(7-9-18)14-37(31,32)20-11-17(16-4-2-1-3-5-16)10-19-24(20)28-23(36-19)12-21-29-30-22(35-21)13-27-38(26,33)34/h1-11,27H,12-14H2,(H2,26,33,34). The Morgan fingerprint density at radius 2 is 1.63 bits per heavy atom. The van der Waals surface area contributed by atoms with Crippen molar-refractivity contribution in [1.82, 2.24) is 19.9 Å². The van der Waals surface area contributed by atoms with E-state index in [1.165, 1.54) is 35.6 Å². The summed E-state index contributed by atoms with van der Waals surface area (Å²) < 4.78 is 70.8. The van der Waals surface area contributed by atoms with Crippen molar-refractivity contribution < 1.29 is 25.6 Å². The number of benzene rings is 3. The van der Waals surface area contributed by atoms with Gasteiger partial charge >= 0.3 is 0 Å². The van der Waals surface area contributed by atoms with Crippen LogP contribution in [0.2, 0.25) is 0 Å². The molecule has 0 aliphatic rings. The van der Waals surface area contributed by atoms with Gasteiger partial charge in [-0.05, 0) is 41.0 Å². The van der Waals surface area contributed by atoms with Crippen LogP contribution < -0.4 is 9.86 Å². The molecule has 0 bridgehead atoms. The molecule has 0 saturated heterocycles. The molecule has 3 N–H and O–H groups in total. The van der Waals surface area contributed by atoms with Crippen LogP contribution in [0.1, 0.15) is 22.4 Å². The van der Waals surface area contributed by atoms with Gasteiger partial charge in [0.2, 0.25) is 11.8 Å². The third-order valence-corrected chi connectivity index (χ3v) is 8.70. The van der Waals surface area contributed by atoms with Gasteiger partial charge in [-0.1, -0.05) is 42.5 Å². The Morgan fingerprint density at radius 1 is 0.921 bits per heavy atom. The molecular formula is C24H20FN5O5S3. The molecule has 5 aromatic rings. The van der Waals surface area contributed by atoms with Gasteiger partial charge in [0.05, 0.1) is 28.3 Å². The quantitative estimate of drug-likeness (QED) is 0.272. The fraction of sp³-hybridized carbons (Fsp3) is 0.125. The van der Waals surface area contributed by atoms with E-state index in [1.54, 1.807) is 6.07 Å². The molecule has 0 amide bonds. The van der Waals surface area contributed by atoms with Crippen LogP contribution in [0.3, 0.4) is 0 Å². The van der Waals surface area contributed by atoms with Crippen LogP contribution in [0.25, 0.3) is 21.3 Å². The fourth-order valence-corrected chi connectivity index (χ4v) is 6.71. The molecule has 0 aliphatic heterocycles. The second-order valence-corrected chi connectivity index (χ2v) is 12.8. The van der Waals surface area contributed by atoms with Crippen LogP contribution in [0.5, 0.6) is 0 Å². The molecular weight excluding hydrogens is 553 g/mol. The van der Waals surface area contributed by atoms with E-state index in [0.29, 0.717) is 26.4 Å². The summed E-state index contributed by atoms with van der Waals surface area (Å²) in [5.74, 6) is -0.580. The lowest BCUT2D eigenvalue weighted by atomic mass is 10.1. The molecule has 14 heteroatoms. The molecule has 0 unspecified atom stereocenters. The van der Waals surface area contributed by atoms with Crippen molar-refractivity contribution in [2.45, 2.75) is 23.6 Å². The number of hydrogen-bond donors (Lipinski definition) is 2. The van der Waals surface area contributed by atoms with Gasteiger partial charge < -0.3 is 4.42 Å². The van der Waals surface area contributed by atoms with Crippen LogP contribution >= 0.6 is 11.3 Å². The molecule has 5 rings (SSSR count). The summed E-state index contributed by atoms with van der Waals surface area (Å²) in [7, 11) is -7.79. The molecule has 3 aromatic carbocycles. The number of rotatable bonds is 9. The molecule has 2 aromatic heterocycles. The molecule has 0 spiro atoms. The first-order valence-corrected chi connectivity index (χ1v) is 15.1. The van der Waals surface area contributed by atoms with Gasteiger partial charge in [0.1, 0.15) is 16.3 Å². The van der Waals surface area contributed by atoms with Crippen LogP contribution in [-0.4, -0.2) is 32.0 Å². The lowest BCUT2D eigenvalue weighted by molar-refractivity contribution is 0.451. The molecule has 0 radical (unpaired) electrons. The third-order valence-electron chi connectivity index (χ3n) is 5.45. The van der Waals surface area contributed by atoms with Gasteiger partial charge in [-0.15, -0.1) is 21.5 Å². The van der Waals surface area contributed by atoms with E-state index in [2.05, 4.69) is 19.9 Å². The number of nitrogens with one attached hydrogen (secondary N) is 1. The molecule has 0 atom stereocenters. The number of sulfone groups is 1. The van der Waals surface area contributed by atoms with Crippen molar-refractivity contribution in [2.75, 3.05) is 0 Å². The zero-order valence-corrected chi connectivity index (χ0v) is 22.0. The minimum atomic E-state index is -3.92. The van der Waals surface area contributed by atoms with E-state index >= 15 is 0 Å². The highest BCUT2D eigenvalue weighted by atomic mass is 32.2. The van der Waals surface area contributed by atoms with Gasteiger partial charge in [0.15, 0.2) is 9.84 Å². The minimum Gasteiger partial charge on any atom is -0.423 e. The number of nitrogens with zero attached hydrogens (tertiary/aromatic N) is 3. The van der Waals surface area contributed by atoms with E-state index in [-0.39, 0.29) is 35.4 Å². The van der Waals surface area contributed by atoms with Gasteiger partial charge in [0, 0.05) is 0 Å². The minimum absolute atomic E-state index is 0.0177. The third kappa shape index (κ3) is 6.11. The Kier molecular flexibility index (Phi) is 7.07. The molecule has 196 valence electrons. The number of fused-ring (bicyclic) bond motifs is 1. The lowest BCUT2D eigenvalue weighted by Gasteiger charge is -2.09. The smallest absolute Gasteiger partial charge is 0.274 e. The topological polar surface area (TPSA) is 158 Å². The van der Waals surface area contributed by atoms with Crippen LogP contribution in [0, 0.1) is 5.82 Å². The Hall–Kier alpha value is -3.56. The Balaban J connectivity index is 1.52. The summed E-state index contributed by atoms with van der Waals surface area (Å²) in [6.07, 6.45) is 0.111. The van der Waals surface area contributed by atoms with Gasteiger partial charge in [0.25, 0.3) is 10.2 Å². The fourth-order valence-electron chi connectivity index (χ4n) is 3.76. The molecule has 2 heterocycles. The van der Waals surface area contributed by atoms with Gasteiger partial charge in [-0.3, -0.25) is 0 Å². The summed E-state index contributed by atoms with van der Waals surface area (Å²) >= 11 is 1.28. The zero-order chi connectivity index (χ0) is 26.9. The maximum Gasteiger partial charge on any atom is 0.274 e. The average Bonchev–Trinajstić information content (AvgIpc) is 3.50. The number of nitrogens with two attached hydrogens (primary N) is 1. The first-order valence-electron chi connectivity index (χ1n) is 11.1. The molecule has 0 saturated carbocycles. The van der Waals surface area contributed by atoms with Crippen molar-refractivity contribution >= 4 is 41.6 Å². The predicted octanol–water partition coefficient (Wildman–Crippen LogP) is 3.34. The Morgan fingerprint density at radius 3 is 2.34 bits per heavy atom. The zero-order valence-electron chi connectivity index (χ0n) is 19.5.